The molecule has 0 atom stereocenters. The first kappa shape index (κ1) is 26.5. The zero-order valence-corrected chi connectivity index (χ0v) is 20.9. The van der Waals surface area contributed by atoms with E-state index in [1.54, 1.807) is 24.3 Å². The minimum Gasteiger partial charge on any atom is -0.490 e. The topological polar surface area (TPSA) is 104 Å². The number of alkyl halides is 3. The quantitative estimate of drug-likeness (QED) is 0.434. The lowest BCUT2D eigenvalue weighted by atomic mass is 10.1. The number of nitrogens with zero attached hydrogens (tertiary/aromatic N) is 2. The minimum absolute atomic E-state index is 0.0408. The number of ether oxygens (including phenoxy) is 2. The SMILES string of the molecule is O=C(NC1CCN(C(=O)O)CC1)c1cc2ccc(OC3CCN(c4ccc(OC(F)(F)F)cc4)CC3)cc2o1. The number of nitrogens with one attached hydrogen (secondary N) is 1. The molecule has 0 spiro atoms. The first-order chi connectivity index (χ1) is 18.6. The second-order valence-corrected chi connectivity index (χ2v) is 9.67. The molecule has 12 heteroatoms. The molecule has 2 aliphatic rings. The number of benzene rings is 2. The molecule has 2 amide bonds. The lowest BCUT2D eigenvalue weighted by Crippen LogP contribution is -2.46. The lowest BCUT2D eigenvalue weighted by molar-refractivity contribution is -0.274. The molecule has 208 valence electrons. The van der Waals surface area contributed by atoms with Gasteiger partial charge in [0.25, 0.3) is 5.91 Å². The highest BCUT2D eigenvalue weighted by molar-refractivity contribution is 5.96. The van der Waals surface area contributed by atoms with Crippen molar-refractivity contribution in [2.24, 2.45) is 0 Å². The summed E-state index contributed by atoms with van der Waals surface area (Å²) in [7, 11) is 0. The summed E-state index contributed by atoms with van der Waals surface area (Å²) in [6.07, 6.45) is -3.15. The fourth-order valence-corrected chi connectivity index (χ4v) is 4.95. The molecule has 0 radical (unpaired) electrons. The Hall–Kier alpha value is -4.09. The summed E-state index contributed by atoms with van der Waals surface area (Å²) >= 11 is 0. The zero-order chi connectivity index (χ0) is 27.6. The standard InChI is InChI=1S/C27H28F3N3O6/c28-27(29,30)39-21-5-2-19(3-6-21)32-13-9-20(10-14-32)37-22-4-1-17-15-24(38-23(17)16-22)25(34)31-18-7-11-33(12-8-18)26(35)36/h1-6,15-16,18,20H,7-14H2,(H,31,34)(H,35,36). The van der Waals surface area contributed by atoms with Crippen molar-refractivity contribution >= 4 is 28.7 Å². The fraction of sp³-hybridized carbons (Fsp3) is 0.407. The van der Waals surface area contributed by atoms with Gasteiger partial charge in [0.2, 0.25) is 0 Å². The third kappa shape index (κ3) is 6.68. The van der Waals surface area contributed by atoms with Crippen LogP contribution in [0.4, 0.5) is 23.7 Å². The average Bonchev–Trinajstić information content (AvgIpc) is 3.33. The highest BCUT2D eigenvalue weighted by Gasteiger charge is 2.31. The van der Waals surface area contributed by atoms with E-state index in [0.717, 1.165) is 23.9 Å². The number of carbonyl (C=O) groups excluding carboxylic acids is 1. The highest BCUT2D eigenvalue weighted by atomic mass is 19.4. The molecule has 39 heavy (non-hydrogen) atoms. The van der Waals surface area contributed by atoms with E-state index in [9.17, 15) is 22.8 Å². The van der Waals surface area contributed by atoms with E-state index >= 15 is 0 Å². The van der Waals surface area contributed by atoms with Crippen molar-refractivity contribution in [2.75, 3.05) is 31.1 Å². The van der Waals surface area contributed by atoms with Crippen LogP contribution in [0.15, 0.2) is 52.9 Å². The van der Waals surface area contributed by atoms with E-state index in [0.29, 0.717) is 50.4 Å². The number of likely N-dealkylation sites (tertiary alicyclic amines) is 1. The zero-order valence-electron chi connectivity index (χ0n) is 20.9. The molecule has 2 aliphatic heterocycles. The lowest BCUT2D eigenvalue weighted by Gasteiger charge is -2.33. The molecule has 2 saturated heterocycles. The van der Waals surface area contributed by atoms with Crippen LogP contribution in [0.5, 0.6) is 11.5 Å². The molecule has 3 heterocycles. The van der Waals surface area contributed by atoms with Gasteiger partial charge >= 0.3 is 12.5 Å². The first-order valence-corrected chi connectivity index (χ1v) is 12.7. The molecule has 0 saturated carbocycles. The highest BCUT2D eigenvalue weighted by Crippen LogP contribution is 2.29. The first-order valence-electron chi connectivity index (χ1n) is 12.7. The summed E-state index contributed by atoms with van der Waals surface area (Å²) in [5.74, 6) is 0.215. The molecular formula is C27H28F3N3O6. The van der Waals surface area contributed by atoms with Crippen molar-refractivity contribution < 1.29 is 41.8 Å². The summed E-state index contributed by atoms with van der Waals surface area (Å²) in [4.78, 5) is 27.2. The Balaban J connectivity index is 1.13. The van der Waals surface area contributed by atoms with Crippen LogP contribution in [0.2, 0.25) is 0 Å². The second-order valence-electron chi connectivity index (χ2n) is 9.67. The summed E-state index contributed by atoms with van der Waals surface area (Å²) in [6, 6.07) is 12.8. The number of hydrogen-bond acceptors (Lipinski definition) is 6. The molecule has 3 aromatic rings. The van der Waals surface area contributed by atoms with E-state index < -0.39 is 12.5 Å². The molecule has 2 aromatic carbocycles. The third-order valence-corrected chi connectivity index (χ3v) is 7.00. The van der Waals surface area contributed by atoms with Gasteiger partial charge < -0.3 is 34.1 Å². The number of furan rings is 1. The van der Waals surface area contributed by atoms with Gasteiger partial charge in [0.05, 0.1) is 0 Å². The van der Waals surface area contributed by atoms with Crippen LogP contribution < -0.4 is 19.7 Å². The second kappa shape index (κ2) is 11.0. The summed E-state index contributed by atoms with van der Waals surface area (Å²) in [6.45, 7) is 2.12. The maximum Gasteiger partial charge on any atom is 0.573 e. The molecule has 0 bridgehead atoms. The Kier molecular flexibility index (Phi) is 7.45. The molecule has 0 unspecified atom stereocenters. The Bertz CT molecular complexity index is 1310. The number of anilines is 1. The molecule has 9 nitrogen and oxygen atoms in total. The van der Waals surface area contributed by atoms with Crippen LogP contribution >= 0.6 is 0 Å². The van der Waals surface area contributed by atoms with E-state index in [4.69, 9.17) is 14.3 Å². The van der Waals surface area contributed by atoms with Crippen LogP contribution in [0.3, 0.4) is 0 Å². The molecule has 0 aliphatic carbocycles. The minimum atomic E-state index is -4.72. The molecule has 5 rings (SSSR count). The largest absolute Gasteiger partial charge is 0.573 e. The van der Waals surface area contributed by atoms with Gasteiger partial charge in [0.15, 0.2) is 5.76 Å². The predicted molar refractivity (Wildman–Crippen MR) is 135 cm³/mol. The van der Waals surface area contributed by atoms with Crippen molar-refractivity contribution in [3.05, 3.63) is 54.3 Å². The Morgan fingerprint density at radius 3 is 2.23 bits per heavy atom. The number of hydrogen-bond donors (Lipinski definition) is 2. The number of carbonyl (C=O) groups is 2. The Labute approximate surface area is 222 Å². The van der Waals surface area contributed by atoms with Crippen molar-refractivity contribution in [1.29, 1.82) is 0 Å². The van der Waals surface area contributed by atoms with E-state index in [1.807, 2.05) is 12.1 Å². The van der Waals surface area contributed by atoms with Gasteiger partial charge in [0.1, 0.15) is 23.2 Å². The maximum atomic E-state index is 12.7. The van der Waals surface area contributed by atoms with Gasteiger partial charge in [-0.3, -0.25) is 4.79 Å². The van der Waals surface area contributed by atoms with E-state index in [-0.39, 0.29) is 29.6 Å². The maximum absolute atomic E-state index is 12.7. The van der Waals surface area contributed by atoms with Crippen LogP contribution in [0, 0.1) is 0 Å². The normalized spacial score (nSPS) is 17.3. The van der Waals surface area contributed by atoms with Crippen molar-refractivity contribution in [1.82, 2.24) is 10.2 Å². The van der Waals surface area contributed by atoms with Gasteiger partial charge in [-0.05, 0) is 55.3 Å². The Morgan fingerprint density at radius 2 is 1.59 bits per heavy atom. The summed E-state index contributed by atoms with van der Waals surface area (Å²) in [5.41, 5.74) is 1.34. The number of piperidine rings is 2. The molecule has 2 N–H and O–H groups in total. The van der Waals surface area contributed by atoms with Crippen LogP contribution in [0.1, 0.15) is 36.2 Å². The number of carboxylic acid groups (broad SMARTS) is 1. The summed E-state index contributed by atoms with van der Waals surface area (Å²) < 4.78 is 53.0. The van der Waals surface area contributed by atoms with Crippen LogP contribution in [-0.4, -0.2) is 66.7 Å². The average molecular weight is 548 g/mol. The molecule has 2 fully saturated rings. The number of amides is 2. The molecular weight excluding hydrogens is 519 g/mol. The van der Waals surface area contributed by atoms with E-state index in [1.165, 1.54) is 17.0 Å². The van der Waals surface area contributed by atoms with Crippen molar-refractivity contribution in [3.63, 3.8) is 0 Å². The summed E-state index contributed by atoms with van der Waals surface area (Å²) in [5, 5.41) is 12.8. The van der Waals surface area contributed by atoms with Gasteiger partial charge in [0, 0.05) is 62.2 Å². The monoisotopic (exact) mass is 547 g/mol. The predicted octanol–water partition coefficient (Wildman–Crippen LogP) is 5.25. The van der Waals surface area contributed by atoms with Gasteiger partial charge in [-0.25, -0.2) is 4.79 Å². The van der Waals surface area contributed by atoms with Gasteiger partial charge in [-0.2, -0.15) is 0 Å². The van der Waals surface area contributed by atoms with Crippen molar-refractivity contribution in [2.45, 2.75) is 44.2 Å². The number of fused-ring (bicyclic) bond motifs is 1. The van der Waals surface area contributed by atoms with Crippen LogP contribution in [0.25, 0.3) is 11.0 Å². The number of halogens is 3. The Morgan fingerprint density at radius 1 is 0.923 bits per heavy atom. The van der Waals surface area contributed by atoms with E-state index in [2.05, 4.69) is 15.0 Å². The number of rotatable bonds is 6. The third-order valence-electron chi connectivity index (χ3n) is 7.00. The van der Waals surface area contributed by atoms with Gasteiger partial charge in [-0.1, -0.05) is 0 Å². The smallest absolute Gasteiger partial charge is 0.490 e. The van der Waals surface area contributed by atoms with Crippen LogP contribution in [-0.2, 0) is 0 Å². The molecule has 1 aromatic heterocycles. The fourth-order valence-electron chi connectivity index (χ4n) is 4.95. The van der Waals surface area contributed by atoms with Gasteiger partial charge in [-0.15, -0.1) is 13.2 Å². The van der Waals surface area contributed by atoms with Crippen molar-refractivity contribution in [3.8, 4) is 11.5 Å².